The summed E-state index contributed by atoms with van der Waals surface area (Å²) in [6, 6.07) is 34.2. The van der Waals surface area contributed by atoms with Gasteiger partial charge in [0.05, 0.1) is 11.8 Å². The molecule has 2 aromatic heterocycles. The van der Waals surface area contributed by atoms with Crippen LogP contribution in [-0.4, -0.2) is 34.0 Å². The van der Waals surface area contributed by atoms with Gasteiger partial charge in [-0.15, -0.1) is 0 Å². The molecule has 2 N–H and O–H groups in total. The number of H-pyrrole nitrogens is 2. The summed E-state index contributed by atoms with van der Waals surface area (Å²) in [5.74, 6) is -12.5. The summed E-state index contributed by atoms with van der Waals surface area (Å²) in [5.41, 5.74) is 4.28. The number of carbonyl (C=O) groups excluding carboxylic acids is 2. The molecule has 7 rings (SSSR count). The fourth-order valence-electron chi connectivity index (χ4n) is 6.08. The van der Waals surface area contributed by atoms with E-state index in [1.165, 1.54) is 24.0 Å². The van der Waals surface area contributed by atoms with Crippen molar-refractivity contribution in [3.05, 3.63) is 205 Å². The molecular formula is C48H35CuF5FeN4O4. The van der Waals surface area contributed by atoms with E-state index in [0.717, 1.165) is 33.8 Å². The Balaban J connectivity index is 0.000000202. The van der Waals surface area contributed by atoms with Crippen molar-refractivity contribution in [1.82, 2.24) is 9.97 Å². The molecule has 63 heavy (non-hydrogen) atoms. The number of nitrogens with one attached hydrogen (secondary N) is 2. The summed E-state index contributed by atoms with van der Waals surface area (Å²) in [5, 5.41) is 0.890. The molecule has 0 radical (unpaired) electrons. The van der Waals surface area contributed by atoms with Gasteiger partial charge in [-0.25, -0.2) is 26.9 Å². The van der Waals surface area contributed by atoms with Crippen LogP contribution < -0.4 is 15.6 Å². The molecule has 0 spiro atoms. The van der Waals surface area contributed by atoms with Crippen LogP contribution in [0, 0.1) is 49.9 Å². The third-order valence-corrected chi connectivity index (χ3v) is 9.89. The molecule has 0 amide bonds. The molecule has 0 saturated heterocycles. The van der Waals surface area contributed by atoms with Crippen LogP contribution >= 0.6 is 0 Å². The van der Waals surface area contributed by atoms with Gasteiger partial charge >= 0.3 is 223 Å². The Hall–Kier alpha value is -6.63. The number of aromatic amines is 2. The van der Waals surface area contributed by atoms with E-state index in [2.05, 4.69) is 48.1 Å². The number of ketones is 2. The van der Waals surface area contributed by atoms with E-state index < -0.39 is 51.7 Å². The standard InChI is InChI=1S/C22H19N2O2.C19H9F5N2O2.C7H7.Cu.Fe/c1-14-11-15(2)21(16(3)12-14)24-13-19(25)18-9-10-23-22(26)20(18)17-7-5-4-6-8-17;20-13-14(21)16(23)18(17(24)15(13)22)25-8-12(27)10-6-7-11(26-19(10)28)9-4-2-1-3-5-9;1-7-5-3-2-4-6-7;;/h4-7,9-13H,1-3H3,(H,23,26);1-8H,(H,26,28);2-6H,1H2;;. The number of aromatic nitrogens is 2. The number of aryl methyl sites for hydroxylation is 3. The number of halogens is 5. The van der Waals surface area contributed by atoms with Crippen LogP contribution in [0.2, 0.25) is 0 Å². The Morgan fingerprint density at radius 2 is 1.16 bits per heavy atom. The Morgan fingerprint density at radius 1 is 0.635 bits per heavy atom. The molecule has 0 bridgehead atoms. The van der Waals surface area contributed by atoms with Crippen LogP contribution in [0.4, 0.5) is 33.3 Å². The van der Waals surface area contributed by atoms with Crippen molar-refractivity contribution < 1.29 is 63.6 Å². The zero-order chi connectivity index (χ0) is 45.8. The van der Waals surface area contributed by atoms with Gasteiger partial charge in [0.15, 0.2) is 23.3 Å². The minimum absolute atomic E-state index is 0.270. The number of aliphatic imine (C=N–C) groups is 2. The normalized spacial score (nSPS) is 10.9. The van der Waals surface area contributed by atoms with E-state index in [-0.39, 0.29) is 22.5 Å². The topological polar surface area (TPSA) is 125 Å². The molecule has 15 heteroatoms. The number of hydrogen-bond acceptors (Lipinski definition) is 6. The van der Waals surface area contributed by atoms with Crippen molar-refractivity contribution in [1.29, 1.82) is 0 Å². The molecule has 0 fully saturated rings. The second-order valence-corrected chi connectivity index (χ2v) is 14.4. The Labute approximate surface area is 374 Å². The van der Waals surface area contributed by atoms with Crippen LogP contribution in [0.1, 0.15) is 43.0 Å². The second kappa shape index (κ2) is 21.9. The first-order valence-electron chi connectivity index (χ1n) is 18.7. The fourth-order valence-corrected chi connectivity index (χ4v) is 6.62. The monoisotopic (exact) mass is 945 g/mol. The van der Waals surface area contributed by atoms with Gasteiger partial charge in [0.1, 0.15) is 5.69 Å². The zero-order valence-corrected chi connectivity index (χ0v) is 35.5. The summed E-state index contributed by atoms with van der Waals surface area (Å²) < 4.78 is 66.9. The van der Waals surface area contributed by atoms with E-state index >= 15 is 0 Å². The van der Waals surface area contributed by atoms with Gasteiger partial charge in [0, 0.05) is 5.69 Å². The molecule has 0 unspecified atom stereocenters. The average Bonchev–Trinajstić information content (AvgIpc) is 3.28. The number of rotatable bonds is 9. The van der Waals surface area contributed by atoms with Gasteiger partial charge < -0.3 is 4.98 Å². The van der Waals surface area contributed by atoms with Gasteiger partial charge in [0.25, 0.3) is 5.56 Å². The molecule has 8 nitrogen and oxygen atoms in total. The van der Waals surface area contributed by atoms with Crippen molar-refractivity contribution >= 4 is 39.8 Å². The van der Waals surface area contributed by atoms with Gasteiger partial charge in [-0.3, -0.25) is 9.59 Å². The Morgan fingerprint density at radius 3 is 1.71 bits per heavy atom. The van der Waals surface area contributed by atoms with E-state index in [1.54, 1.807) is 60.7 Å². The van der Waals surface area contributed by atoms with E-state index in [9.17, 15) is 41.1 Å². The van der Waals surface area contributed by atoms with Crippen LogP contribution in [0.15, 0.2) is 141 Å². The molecule has 325 valence electrons. The number of hydrogen-bond donors (Lipinski definition) is 2. The van der Waals surface area contributed by atoms with Crippen LogP contribution in [0.5, 0.6) is 0 Å². The van der Waals surface area contributed by atoms with Crippen molar-refractivity contribution in [2.45, 2.75) is 26.1 Å². The van der Waals surface area contributed by atoms with E-state index in [0.29, 0.717) is 27.5 Å². The fraction of sp³-hybridized carbons (Fsp3) is 0.0833. The third-order valence-electron chi connectivity index (χ3n) is 9.03. The number of nitrogens with zero attached hydrogens (tertiary/aromatic N) is 2. The number of carbonyl (C=O) groups is 2. The maximum absolute atomic E-state index is 13.6. The Kier molecular flexibility index (Phi) is 16.5. The second-order valence-electron chi connectivity index (χ2n) is 13.5. The summed E-state index contributed by atoms with van der Waals surface area (Å²) in [6.07, 6.45) is 3.04. The first-order chi connectivity index (χ1) is 30.1. The average molecular weight is 946 g/mol. The van der Waals surface area contributed by atoms with Gasteiger partial charge in [-0.05, 0) is 17.7 Å². The summed E-state index contributed by atoms with van der Waals surface area (Å²) in [4.78, 5) is 61.9. The van der Waals surface area contributed by atoms with E-state index in [4.69, 9.17) is 16.0 Å². The third kappa shape index (κ3) is 11.8. The molecule has 0 aliphatic heterocycles. The SMILES string of the molecule is Cc1cc(C)c(N=CC(=O)c2cc[nH]c(=O)c2-c2cccc[c]2[Cu])c(C)c1.O=C(C=Nc1c(F)c(F)c(F)c(F)c1F)c1ccc(-c2ccccc2)[nH]c1=O.[Fe][CH2]c1ccccc1. The summed E-state index contributed by atoms with van der Waals surface area (Å²) in [6.45, 7) is 5.94. The van der Waals surface area contributed by atoms with Crippen LogP contribution in [0.25, 0.3) is 22.4 Å². The maximum atomic E-state index is 13.6. The van der Waals surface area contributed by atoms with Gasteiger partial charge in [0.2, 0.25) is 11.6 Å². The van der Waals surface area contributed by atoms with E-state index in [1.807, 2.05) is 51.1 Å². The predicted octanol–water partition coefficient (Wildman–Crippen LogP) is 9.78. The first kappa shape index (κ1) is 47.4. The zero-order valence-electron chi connectivity index (χ0n) is 33.5. The number of Topliss-reactive ketones (excluding diaryl/α,β-unsaturated/α-hetero) is 2. The van der Waals surface area contributed by atoms with Crippen molar-refractivity contribution in [2.24, 2.45) is 9.98 Å². The quantitative estimate of drug-likeness (QED) is 0.0374. The molecule has 2 heterocycles. The molecule has 0 saturated carbocycles. The predicted molar refractivity (Wildman–Crippen MR) is 227 cm³/mol. The van der Waals surface area contributed by atoms with Crippen molar-refractivity contribution in [3.63, 3.8) is 0 Å². The molecular weight excluding hydrogens is 911 g/mol. The Bertz CT molecular complexity index is 2930. The molecule has 5 aromatic carbocycles. The summed E-state index contributed by atoms with van der Waals surface area (Å²) >= 11 is 9.26. The van der Waals surface area contributed by atoms with Crippen molar-refractivity contribution in [2.75, 3.05) is 0 Å². The number of benzene rings is 5. The molecule has 0 aliphatic carbocycles. The van der Waals surface area contributed by atoms with Crippen LogP contribution in [0.3, 0.4) is 0 Å². The minimum atomic E-state index is -2.34. The van der Waals surface area contributed by atoms with Crippen LogP contribution in [-0.2, 0) is 37.3 Å². The van der Waals surface area contributed by atoms with Gasteiger partial charge in [-0.2, -0.15) is 0 Å². The summed E-state index contributed by atoms with van der Waals surface area (Å²) in [7, 11) is 0. The molecule has 0 aliphatic rings. The number of pyridine rings is 2. The van der Waals surface area contributed by atoms with Gasteiger partial charge in [-0.1, -0.05) is 30.3 Å². The molecule has 7 aromatic rings. The van der Waals surface area contributed by atoms with Crippen molar-refractivity contribution in [3.8, 4) is 22.4 Å². The first-order valence-corrected chi connectivity index (χ1v) is 19.9. The molecule has 0 atom stereocenters.